The van der Waals surface area contributed by atoms with Crippen LogP contribution in [0.5, 0.6) is 11.5 Å². The smallest absolute Gasteiger partial charge is 0.263 e. The van der Waals surface area contributed by atoms with E-state index >= 15 is 0 Å². The van der Waals surface area contributed by atoms with Crippen LogP contribution in [-0.2, 0) is 6.42 Å². The Bertz CT molecular complexity index is 931. The molecular formula is C18H19N3O3S. The van der Waals surface area contributed by atoms with Gasteiger partial charge >= 0.3 is 0 Å². The van der Waals surface area contributed by atoms with Crippen molar-refractivity contribution in [3.05, 3.63) is 46.9 Å². The van der Waals surface area contributed by atoms with Gasteiger partial charge < -0.3 is 14.8 Å². The lowest BCUT2D eigenvalue weighted by Gasteiger charge is -2.13. The molecule has 3 aromatic rings. The molecular weight excluding hydrogens is 338 g/mol. The van der Waals surface area contributed by atoms with Crippen molar-refractivity contribution in [1.82, 2.24) is 14.7 Å². The summed E-state index contributed by atoms with van der Waals surface area (Å²) in [6.07, 6.45) is 5.24. The molecule has 1 atom stereocenters. The maximum absolute atomic E-state index is 12.5. The van der Waals surface area contributed by atoms with Crippen LogP contribution >= 0.6 is 11.3 Å². The number of ether oxygens (including phenoxy) is 2. The summed E-state index contributed by atoms with van der Waals surface area (Å²) in [5.41, 5.74) is 2.11. The minimum Gasteiger partial charge on any atom is -0.454 e. The molecule has 0 saturated heterocycles. The van der Waals surface area contributed by atoms with Crippen molar-refractivity contribution in [3.8, 4) is 11.5 Å². The van der Waals surface area contributed by atoms with Crippen molar-refractivity contribution in [2.75, 3.05) is 6.79 Å². The third kappa shape index (κ3) is 3.07. The van der Waals surface area contributed by atoms with Crippen molar-refractivity contribution < 1.29 is 14.3 Å². The summed E-state index contributed by atoms with van der Waals surface area (Å²) in [6.45, 7) is 4.26. The molecule has 1 aromatic carbocycles. The number of aromatic nitrogens is 2. The third-order valence-electron chi connectivity index (χ3n) is 4.39. The summed E-state index contributed by atoms with van der Waals surface area (Å²) in [4.78, 5) is 18.4. The highest BCUT2D eigenvalue weighted by Gasteiger charge is 2.18. The molecule has 1 aliphatic heterocycles. The molecule has 7 heteroatoms. The van der Waals surface area contributed by atoms with Crippen molar-refractivity contribution in [1.29, 1.82) is 0 Å². The minimum absolute atomic E-state index is 0.0237. The van der Waals surface area contributed by atoms with E-state index in [1.807, 2.05) is 36.4 Å². The van der Waals surface area contributed by atoms with Gasteiger partial charge in [0.25, 0.3) is 5.91 Å². The van der Waals surface area contributed by atoms with Crippen LogP contribution in [0.25, 0.3) is 4.83 Å². The molecule has 0 saturated carbocycles. The fourth-order valence-corrected chi connectivity index (χ4v) is 3.95. The lowest BCUT2D eigenvalue weighted by atomic mass is 10.1. The number of hydrogen-bond acceptors (Lipinski definition) is 5. The number of aryl methyl sites for hydroxylation is 2. The number of carbonyl (C=O) groups excluding carboxylic acids is 1. The number of nitrogens with one attached hydrogen (secondary N) is 1. The van der Waals surface area contributed by atoms with Crippen LogP contribution < -0.4 is 14.8 Å². The number of carbonyl (C=O) groups is 1. The normalized spacial score (nSPS) is 14.0. The molecule has 1 N–H and O–H groups in total. The Hall–Kier alpha value is -2.54. The molecule has 0 aliphatic carbocycles. The Labute approximate surface area is 149 Å². The van der Waals surface area contributed by atoms with Gasteiger partial charge in [0.15, 0.2) is 11.5 Å². The Morgan fingerprint density at radius 3 is 3.08 bits per heavy atom. The maximum atomic E-state index is 12.5. The van der Waals surface area contributed by atoms with Crippen LogP contribution in [0.4, 0.5) is 0 Å². The molecule has 1 aliphatic rings. The fourth-order valence-electron chi connectivity index (χ4n) is 2.95. The summed E-state index contributed by atoms with van der Waals surface area (Å²) in [5, 5.41) is 3.09. The zero-order valence-corrected chi connectivity index (χ0v) is 14.9. The van der Waals surface area contributed by atoms with Gasteiger partial charge in [-0.1, -0.05) is 6.07 Å². The Morgan fingerprint density at radius 1 is 1.40 bits per heavy atom. The number of rotatable bonds is 5. The third-order valence-corrected chi connectivity index (χ3v) is 5.58. The maximum Gasteiger partial charge on any atom is 0.263 e. The van der Waals surface area contributed by atoms with Gasteiger partial charge in [0, 0.05) is 11.7 Å². The highest BCUT2D eigenvalue weighted by atomic mass is 32.1. The summed E-state index contributed by atoms with van der Waals surface area (Å²) in [6, 6.07) is 6.07. The Morgan fingerprint density at radius 2 is 2.24 bits per heavy atom. The number of fused-ring (bicyclic) bond motifs is 2. The zero-order valence-electron chi connectivity index (χ0n) is 14.1. The molecule has 6 nitrogen and oxygen atoms in total. The van der Waals surface area contributed by atoms with Gasteiger partial charge in [-0.25, -0.2) is 4.98 Å². The first-order valence-electron chi connectivity index (χ1n) is 8.22. The summed E-state index contributed by atoms with van der Waals surface area (Å²) < 4.78 is 12.7. The highest BCUT2D eigenvalue weighted by molar-refractivity contribution is 7.19. The Balaban J connectivity index is 1.37. The van der Waals surface area contributed by atoms with E-state index in [0.29, 0.717) is 0 Å². The van der Waals surface area contributed by atoms with Crippen LogP contribution in [0.2, 0.25) is 0 Å². The van der Waals surface area contributed by atoms with Gasteiger partial charge in [0.2, 0.25) is 6.79 Å². The van der Waals surface area contributed by atoms with E-state index in [1.54, 1.807) is 12.5 Å². The van der Waals surface area contributed by atoms with Crippen molar-refractivity contribution >= 4 is 22.1 Å². The van der Waals surface area contributed by atoms with Crippen molar-refractivity contribution in [3.63, 3.8) is 0 Å². The number of benzene rings is 1. The quantitative estimate of drug-likeness (QED) is 0.762. The molecule has 1 unspecified atom stereocenters. The SMILES string of the molecule is Cc1c(C(=O)NC(C)CCc2ccc3c(c2)OCO3)sc2cncn12. The fraction of sp³-hybridized carbons (Fsp3) is 0.333. The molecule has 0 spiro atoms. The predicted octanol–water partition coefficient (Wildman–Crippen LogP) is 3.18. The first-order chi connectivity index (χ1) is 12.1. The first kappa shape index (κ1) is 16.0. The van der Waals surface area contributed by atoms with E-state index in [-0.39, 0.29) is 18.7 Å². The second-order valence-electron chi connectivity index (χ2n) is 6.22. The van der Waals surface area contributed by atoms with Gasteiger partial charge in [0.1, 0.15) is 16.0 Å². The van der Waals surface area contributed by atoms with E-state index in [4.69, 9.17) is 9.47 Å². The average molecular weight is 357 g/mol. The van der Waals surface area contributed by atoms with E-state index in [2.05, 4.69) is 10.3 Å². The summed E-state index contributed by atoms with van der Waals surface area (Å²) >= 11 is 1.47. The number of nitrogens with zero attached hydrogens (tertiary/aromatic N) is 2. The number of imidazole rings is 1. The predicted molar refractivity (Wildman–Crippen MR) is 95.6 cm³/mol. The van der Waals surface area contributed by atoms with Gasteiger partial charge in [0.05, 0.1) is 6.20 Å². The second kappa shape index (κ2) is 6.40. The van der Waals surface area contributed by atoms with E-state index in [1.165, 1.54) is 16.9 Å². The topological polar surface area (TPSA) is 64.9 Å². The molecule has 25 heavy (non-hydrogen) atoms. The van der Waals surface area contributed by atoms with Crippen LogP contribution in [0.1, 0.15) is 34.3 Å². The molecule has 0 fully saturated rings. The van der Waals surface area contributed by atoms with Crippen LogP contribution in [0, 0.1) is 6.92 Å². The van der Waals surface area contributed by atoms with Crippen molar-refractivity contribution in [2.24, 2.45) is 0 Å². The number of thiazole rings is 1. The van der Waals surface area contributed by atoms with Crippen LogP contribution in [0.15, 0.2) is 30.7 Å². The van der Waals surface area contributed by atoms with E-state index in [9.17, 15) is 4.79 Å². The van der Waals surface area contributed by atoms with Crippen LogP contribution in [0.3, 0.4) is 0 Å². The monoisotopic (exact) mass is 357 g/mol. The lowest BCUT2D eigenvalue weighted by molar-refractivity contribution is 0.0941. The largest absolute Gasteiger partial charge is 0.454 e. The van der Waals surface area contributed by atoms with E-state index < -0.39 is 0 Å². The first-order valence-corrected chi connectivity index (χ1v) is 9.04. The Kier molecular flexibility index (Phi) is 4.09. The second-order valence-corrected chi connectivity index (χ2v) is 7.25. The van der Waals surface area contributed by atoms with Crippen LogP contribution in [-0.4, -0.2) is 28.1 Å². The molecule has 1 amide bonds. The lowest BCUT2D eigenvalue weighted by Crippen LogP contribution is -2.32. The molecule has 3 heterocycles. The molecule has 0 radical (unpaired) electrons. The zero-order chi connectivity index (χ0) is 17.4. The summed E-state index contributed by atoms with van der Waals surface area (Å²) in [5.74, 6) is 1.57. The minimum atomic E-state index is -0.0237. The standard InChI is InChI=1S/C18H19N3O3S/c1-11(3-4-13-5-6-14-15(7-13)24-10-23-14)20-18(22)17-12(2)21-9-19-8-16(21)25-17/h5-9,11H,3-4,10H2,1-2H3,(H,20,22). The van der Waals surface area contributed by atoms with E-state index in [0.717, 1.165) is 39.7 Å². The molecule has 2 aromatic heterocycles. The van der Waals surface area contributed by atoms with Gasteiger partial charge in [-0.05, 0) is 44.4 Å². The van der Waals surface area contributed by atoms with Crippen molar-refractivity contribution in [2.45, 2.75) is 32.7 Å². The molecule has 4 rings (SSSR count). The number of amides is 1. The summed E-state index contributed by atoms with van der Waals surface area (Å²) in [7, 11) is 0. The molecule has 130 valence electrons. The number of hydrogen-bond donors (Lipinski definition) is 1. The highest BCUT2D eigenvalue weighted by Crippen LogP contribution is 2.32. The van der Waals surface area contributed by atoms with Gasteiger partial charge in [-0.2, -0.15) is 0 Å². The van der Waals surface area contributed by atoms with Gasteiger partial charge in [-0.3, -0.25) is 9.20 Å². The molecule has 0 bridgehead atoms. The average Bonchev–Trinajstić information content (AvgIpc) is 3.30. The van der Waals surface area contributed by atoms with Gasteiger partial charge in [-0.15, -0.1) is 11.3 Å².